The summed E-state index contributed by atoms with van der Waals surface area (Å²) in [5.74, 6) is -0.943. The van der Waals surface area contributed by atoms with Gasteiger partial charge in [-0.25, -0.2) is 9.59 Å². The van der Waals surface area contributed by atoms with Crippen molar-refractivity contribution in [2.24, 2.45) is 0 Å². The maximum atomic E-state index is 11.5. The van der Waals surface area contributed by atoms with Crippen molar-refractivity contribution in [1.82, 2.24) is 0 Å². The molecule has 2 aromatic carbocycles. The van der Waals surface area contributed by atoms with Crippen LogP contribution in [0, 0.1) is 0 Å². The molecule has 2 N–H and O–H groups in total. The highest BCUT2D eigenvalue weighted by Gasteiger charge is 2.04. The number of phenolic OH excluding ortho intramolecular Hbond substituents is 2. The maximum Gasteiger partial charge on any atom is 0.336 e. The lowest BCUT2D eigenvalue weighted by atomic mass is 10.3. The Labute approximate surface area is 125 Å². The molecule has 0 radical (unpaired) electrons. The van der Waals surface area contributed by atoms with Gasteiger partial charge < -0.3 is 19.7 Å². The van der Waals surface area contributed by atoms with Gasteiger partial charge >= 0.3 is 11.9 Å². The molecule has 0 aliphatic heterocycles. The van der Waals surface area contributed by atoms with Crippen LogP contribution in [-0.2, 0) is 9.59 Å². The first-order chi connectivity index (χ1) is 10.5. The summed E-state index contributed by atoms with van der Waals surface area (Å²) in [5.41, 5.74) is 0. The number of ether oxygens (including phenoxy) is 2. The number of hydrogen-bond acceptors (Lipinski definition) is 6. The molecule has 6 nitrogen and oxygen atoms in total. The topological polar surface area (TPSA) is 93.1 Å². The zero-order valence-electron chi connectivity index (χ0n) is 11.3. The van der Waals surface area contributed by atoms with Crippen molar-refractivity contribution in [1.29, 1.82) is 0 Å². The molecule has 22 heavy (non-hydrogen) atoms. The first-order valence-electron chi connectivity index (χ1n) is 6.23. The fraction of sp³-hybridized carbons (Fsp3) is 0. The summed E-state index contributed by atoms with van der Waals surface area (Å²) in [6, 6.07) is 11.1. The molecule has 6 heteroatoms. The van der Waals surface area contributed by atoms with E-state index in [0.29, 0.717) is 0 Å². The van der Waals surface area contributed by atoms with Crippen LogP contribution in [0.2, 0.25) is 0 Å². The van der Waals surface area contributed by atoms with Crippen molar-refractivity contribution in [2.75, 3.05) is 0 Å². The van der Waals surface area contributed by atoms with Crippen molar-refractivity contribution in [3.8, 4) is 23.0 Å². The number of benzene rings is 2. The molecular weight excluding hydrogens is 288 g/mol. The summed E-state index contributed by atoms with van der Waals surface area (Å²) < 4.78 is 9.82. The summed E-state index contributed by atoms with van der Waals surface area (Å²) in [7, 11) is 0. The molecule has 2 aromatic rings. The van der Waals surface area contributed by atoms with Crippen LogP contribution in [0.25, 0.3) is 0 Å². The van der Waals surface area contributed by atoms with Gasteiger partial charge in [0.1, 0.15) is 23.0 Å². The molecule has 0 fully saturated rings. The SMILES string of the molecule is O=C(/C=C\C(=O)Oc1ccc(O)cc1)Oc1ccc(O)cc1. The number of carbonyl (C=O) groups excluding carboxylic acids is 2. The van der Waals surface area contributed by atoms with E-state index in [0.717, 1.165) is 12.2 Å². The van der Waals surface area contributed by atoms with Crippen LogP contribution in [0.15, 0.2) is 60.7 Å². The van der Waals surface area contributed by atoms with Crippen LogP contribution in [0.4, 0.5) is 0 Å². The van der Waals surface area contributed by atoms with Gasteiger partial charge in [-0.05, 0) is 48.5 Å². The Morgan fingerprint density at radius 2 is 1.00 bits per heavy atom. The Morgan fingerprint density at radius 1 is 0.682 bits per heavy atom. The quantitative estimate of drug-likeness (QED) is 0.510. The number of esters is 2. The lowest BCUT2D eigenvalue weighted by Crippen LogP contribution is -2.08. The van der Waals surface area contributed by atoms with Gasteiger partial charge in [0, 0.05) is 12.2 Å². The summed E-state index contributed by atoms with van der Waals surface area (Å²) >= 11 is 0. The molecule has 2 rings (SSSR count). The van der Waals surface area contributed by atoms with Gasteiger partial charge in [0.25, 0.3) is 0 Å². The number of hydrogen-bond donors (Lipinski definition) is 2. The van der Waals surface area contributed by atoms with E-state index >= 15 is 0 Å². The summed E-state index contributed by atoms with van der Waals surface area (Å²) in [5, 5.41) is 18.2. The second-order valence-electron chi connectivity index (χ2n) is 4.16. The summed E-state index contributed by atoms with van der Waals surface area (Å²) in [4.78, 5) is 23.0. The van der Waals surface area contributed by atoms with E-state index in [1.54, 1.807) is 0 Å². The smallest absolute Gasteiger partial charge is 0.336 e. The minimum Gasteiger partial charge on any atom is -0.508 e. The summed E-state index contributed by atoms with van der Waals surface area (Å²) in [6.45, 7) is 0. The zero-order chi connectivity index (χ0) is 15.9. The van der Waals surface area contributed by atoms with Crippen LogP contribution in [0.5, 0.6) is 23.0 Å². The van der Waals surface area contributed by atoms with Crippen molar-refractivity contribution < 1.29 is 29.3 Å². The number of carbonyl (C=O) groups is 2. The average Bonchev–Trinajstić information content (AvgIpc) is 2.50. The Morgan fingerprint density at radius 3 is 1.32 bits per heavy atom. The fourth-order valence-corrected chi connectivity index (χ4v) is 1.46. The third-order valence-electron chi connectivity index (χ3n) is 2.47. The number of rotatable bonds is 4. The highest BCUT2D eigenvalue weighted by molar-refractivity contribution is 5.93. The first kappa shape index (κ1) is 15.1. The number of phenols is 2. The zero-order valence-corrected chi connectivity index (χ0v) is 11.3. The Bertz CT molecular complexity index is 624. The molecule has 0 saturated heterocycles. The second kappa shape index (κ2) is 6.94. The molecule has 0 aliphatic rings. The normalized spacial score (nSPS) is 10.4. The van der Waals surface area contributed by atoms with Gasteiger partial charge in [-0.1, -0.05) is 0 Å². The third-order valence-corrected chi connectivity index (χ3v) is 2.47. The Kier molecular flexibility index (Phi) is 4.77. The molecule has 0 bridgehead atoms. The maximum absolute atomic E-state index is 11.5. The van der Waals surface area contributed by atoms with Crippen molar-refractivity contribution in [3.05, 3.63) is 60.7 Å². The highest BCUT2D eigenvalue weighted by Crippen LogP contribution is 2.17. The molecule has 0 aliphatic carbocycles. The average molecular weight is 300 g/mol. The molecule has 0 amide bonds. The monoisotopic (exact) mass is 300 g/mol. The molecule has 0 atom stereocenters. The lowest BCUT2D eigenvalue weighted by molar-refractivity contribution is -0.131. The predicted molar refractivity (Wildman–Crippen MR) is 76.6 cm³/mol. The standard InChI is InChI=1S/C16H12O6/c17-11-1-5-13(6-2-11)21-15(19)9-10-16(20)22-14-7-3-12(18)4-8-14/h1-10,17-18H/b10-9-. The van der Waals surface area contributed by atoms with Crippen molar-refractivity contribution in [3.63, 3.8) is 0 Å². The van der Waals surface area contributed by atoms with E-state index in [1.807, 2.05) is 0 Å². The van der Waals surface area contributed by atoms with Gasteiger partial charge in [-0.15, -0.1) is 0 Å². The Hall–Kier alpha value is -3.28. The van der Waals surface area contributed by atoms with E-state index in [9.17, 15) is 9.59 Å². The second-order valence-corrected chi connectivity index (χ2v) is 4.16. The van der Waals surface area contributed by atoms with Crippen LogP contribution >= 0.6 is 0 Å². The molecule has 112 valence electrons. The van der Waals surface area contributed by atoms with E-state index in [4.69, 9.17) is 19.7 Å². The van der Waals surface area contributed by atoms with Gasteiger partial charge in [0.15, 0.2) is 0 Å². The molecule has 0 heterocycles. The largest absolute Gasteiger partial charge is 0.508 e. The lowest BCUT2D eigenvalue weighted by Gasteiger charge is -2.02. The van der Waals surface area contributed by atoms with Crippen LogP contribution in [0.1, 0.15) is 0 Å². The molecule has 0 aromatic heterocycles. The van der Waals surface area contributed by atoms with Crippen LogP contribution in [0.3, 0.4) is 0 Å². The minimum absolute atomic E-state index is 0.0489. The molecule has 0 spiro atoms. The van der Waals surface area contributed by atoms with E-state index in [-0.39, 0.29) is 23.0 Å². The highest BCUT2D eigenvalue weighted by atomic mass is 16.5. The minimum atomic E-state index is -0.756. The third kappa shape index (κ3) is 4.68. The molecule has 0 unspecified atom stereocenters. The summed E-state index contributed by atoms with van der Waals surface area (Å²) in [6.07, 6.45) is 1.85. The molecule has 0 saturated carbocycles. The predicted octanol–water partition coefficient (Wildman–Crippen LogP) is 2.17. The Balaban J connectivity index is 1.87. The van der Waals surface area contributed by atoms with Gasteiger partial charge in [-0.3, -0.25) is 0 Å². The van der Waals surface area contributed by atoms with Crippen molar-refractivity contribution in [2.45, 2.75) is 0 Å². The molecular formula is C16H12O6. The van der Waals surface area contributed by atoms with E-state index in [2.05, 4.69) is 0 Å². The van der Waals surface area contributed by atoms with Gasteiger partial charge in [0.05, 0.1) is 0 Å². The van der Waals surface area contributed by atoms with E-state index < -0.39 is 11.9 Å². The number of aromatic hydroxyl groups is 2. The van der Waals surface area contributed by atoms with Crippen molar-refractivity contribution >= 4 is 11.9 Å². The van der Waals surface area contributed by atoms with Gasteiger partial charge in [-0.2, -0.15) is 0 Å². The van der Waals surface area contributed by atoms with Gasteiger partial charge in [0.2, 0.25) is 0 Å². The van der Waals surface area contributed by atoms with E-state index in [1.165, 1.54) is 48.5 Å². The first-order valence-corrected chi connectivity index (χ1v) is 6.23. The van der Waals surface area contributed by atoms with Crippen LogP contribution < -0.4 is 9.47 Å². The van der Waals surface area contributed by atoms with Crippen LogP contribution in [-0.4, -0.2) is 22.2 Å². The fourth-order valence-electron chi connectivity index (χ4n) is 1.46.